The Labute approximate surface area is 71.0 Å². The number of ether oxygens (including phenoxy) is 1. The van der Waals surface area contributed by atoms with E-state index in [0.29, 0.717) is 0 Å². The van der Waals surface area contributed by atoms with Gasteiger partial charge in [-0.1, -0.05) is 6.92 Å². The minimum Gasteiger partial charge on any atom is -0.459 e. The Morgan fingerprint density at radius 2 is 2.55 bits per heavy atom. The molecule has 0 saturated carbocycles. The van der Waals surface area contributed by atoms with Crippen molar-refractivity contribution in [2.24, 2.45) is 0 Å². The van der Waals surface area contributed by atoms with Crippen molar-refractivity contribution in [2.75, 3.05) is 5.75 Å². The molecule has 11 heavy (non-hydrogen) atoms. The molecule has 0 aromatic heterocycles. The number of cyclic esters (lactones) is 1. The molecule has 1 atom stereocenters. The zero-order valence-electron chi connectivity index (χ0n) is 6.79. The summed E-state index contributed by atoms with van der Waals surface area (Å²) >= 11 is 1.72. The number of esters is 1. The quantitative estimate of drug-likeness (QED) is 0.596. The molecule has 62 valence electrons. The lowest BCUT2D eigenvalue weighted by molar-refractivity contribution is -0.143. The molecule has 1 rings (SSSR count). The summed E-state index contributed by atoms with van der Waals surface area (Å²) in [6, 6.07) is 0. The van der Waals surface area contributed by atoms with Gasteiger partial charge in [-0.05, 0) is 17.6 Å². The highest BCUT2D eigenvalue weighted by atomic mass is 32.2. The molecule has 1 aliphatic heterocycles. The molecule has 1 heterocycles. The molecule has 0 amide bonds. The van der Waals surface area contributed by atoms with Crippen LogP contribution in [0, 0.1) is 0 Å². The molecule has 1 unspecified atom stereocenters. The van der Waals surface area contributed by atoms with Crippen molar-refractivity contribution in [1.29, 1.82) is 0 Å². The molecule has 0 N–H and O–H groups in total. The van der Waals surface area contributed by atoms with E-state index in [1.807, 2.05) is 6.92 Å². The summed E-state index contributed by atoms with van der Waals surface area (Å²) < 4.78 is 4.93. The van der Waals surface area contributed by atoms with Crippen molar-refractivity contribution in [3.8, 4) is 0 Å². The fourth-order valence-electron chi connectivity index (χ4n) is 1.03. The summed E-state index contributed by atoms with van der Waals surface area (Å²) in [7, 11) is 0. The third kappa shape index (κ3) is 2.58. The maximum absolute atomic E-state index is 10.8. The predicted molar refractivity (Wildman–Crippen MR) is 46.4 cm³/mol. The van der Waals surface area contributed by atoms with Gasteiger partial charge in [-0.15, -0.1) is 11.8 Å². The van der Waals surface area contributed by atoms with E-state index in [0.717, 1.165) is 17.1 Å². The van der Waals surface area contributed by atoms with Gasteiger partial charge in [-0.2, -0.15) is 0 Å². The molecule has 0 aromatic carbocycles. The smallest absolute Gasteiger partial charge is 0.331 e. The van der Waals surface area contributed by atoms with Gasteiger partial charge in [0, 0.05) is 12.5 Å². The van der Waals surface area contributed by atoms with Gasteiger partial charge in [0.25, 0.3) is 0 Å². The summed E-state index contributed by atoms with van der Waals surface area (Å²) in [5.74, 6) is 0.825. The Morgan fingerprint density at radius 3 is 3.09 bits per heavy atom. The van der Waals surface area contributed by atoms with E-state index in [9.17, 15) is 4.79 Å². The largest absolute Gasteiger partial charge is 0.459 e. The van der Waals surface area contributed by atoms with Gasteiger partial charge in [0.1, 0.15) is 6.10 Å². The third-order valence-corrected chi connectivity index (χ3v) is 2.36. The van der Waals surface area contributed by atoms with Crippen LogP contribution in [0.2, 0.25) is 0 Å². The number of hydrogen-bond donors (Lipinski definition) is 0. The fourth-order valence-corrected chi connectivity index (χ4v) is 1.94. The van der Waals surface area contributed by atoms with E-state index < -0.39 is 0 Å². The van der Waals surface area contributed by atoms with Crippen LogP contribution in [0.1, 0.15) is 20.3 Å². The number of hydrogen-bond acceptors (Lipinski definition) is 3. The van der Waals surface area contributed by atoms with E-state index >= 15 is 0 Å². The van der Waals surface area contributed by atoms with Crippen LogP contribution in [0.3, 0.4) is 0 Å². The van der Waals surface area contributed by atoms with Gasteiger partial charge in [-0.25, -0.2) is 4.79 Å². The molecule has 0 spiro atoms. The lowest BCUT2D eigenvalue weighted by Gasteiger charge is -2.18. The van der Waals surface area contributed by atoms with Crippen molar-refractivity contribution >= 4 is 17.7 Å². The van der Waals surface area contributed by atoms with Gasteiger partial charge < -0.3 is 4.74 Å². The second kappa shape index (κ2) is 3.81. The maximum atomic E-state index is 10.8. The Hall–Kier alpha value is -0.440. The highest BCUT2D eigenvalue weighted by Crippen LogP contribution is 2.25. The number of carbonyl (C=O) groups excluding carboxylic acids is 1. The van der Waals surface area contributed by atoms with E-state index in [4.69, 9.17) is 4.74 Å². The Morgan fingerprint density at radius 1 is 1.82 bits per heavy atom. The summed E-state index contributed by atoms with van der Waals surface area (Å²) in [6.45, 7) is 4.00. The van der Waals surface area contributed by atoms with Gasteiger partial charge in [0.05, 0.1) is 0 Å². The highest BCUT2D eigenvalue weighted by Gasteiger charge is 2.16. The molecule has 0 aromatic rings. The zero-order valence-corrected chi connectivity index (χ0v) is 7.61. The summed E-state index contributed by atoms with van der Waals surface area (Å²) in [6.07, 6.45) is 2.53. The third-order valence-electron chi connectivity index (χ3n) is 1.41. The van der Waals surface area contributed by atoms with E-state index in [2.05, 4.69) is 6.92 Å². The maximum Gasteiger partial charge on any atom is 0.331 e. The second-order valence-electron chi connectivity index (χ2n) is 2.50. The first kappa shape index (κ1) is 8.65. The Kier molecular flexibility index (Phi) is 3.00. The second-order valence-corrected chi connectivity index (χ2v) is 3.89. The van der Waals surface area contributed by atoms with Gasteiger partial charge in [-0.3, -0.25) is 0 Å². The van der Waals surface area contributed by atoms with Crippen LogP contribution in [-0.2, 0) is 9.53 Å². The van der Waals surface area contributed by atoms with Gasteiger partial charge >= 0.3 is 5.97 Å². The molecule has 2 nitrogen and oxygen atoms in total. The van der Waals surface area contributed by atoms with Crippen LogP contribution in [0.5, 0.6) is 0 Å². The van der Waals surface area contributed by atoms with Crippen LogP contribution >= 0.6 is 11.8 Å². The molecular weight excluding hydrogens is 160 g/mol. The SMILES string of the molecule is CCSC1=CC(=O)OC(C)C1. The van der Waals surface area contributed by atoms with E-state index in [1.165, 1.54) is 0 Å². The summed E-state index contributed by atoms with van der Waals surface area (Å²) in [5.41, 5.74) is 0. The topological polar surface area (TPSA) is 26.3 Å². The fraction of sp³-hybridized carbons (Fsp3) is 0.625. The van der Waals surface area contributed by atoms with Crippen molar-refractivity contribution in [1.82, 2.24) is 0 Å². The predicted octanol–water partition coefficient (Wildman–Crippen LogP) is 1.96. The summed E-state index contributed by atoms with van der Waals surface area (Å²) in [5, 5.41) is 0. The standard InChI is InChI=1S/C8H12O2S/c1-3-11-7-4-6(2)10-8(9)5-7/h5-6H,3-4H2,1-2H3. The van der Waals surface area contributed by atoms with Crippen molar-refractivity contribution < 1.29 is 9.53 Å². The van der Waals surface area contributed by atoms with Gasteiger partial charge in [0.2, 0.25) is 0 Å². The van der Waals surface area contributed by atoms with Gasteiger partial charge in [0.15, 0.2) is 0 Å². The average Bonchev–Trinajstić information content (AvgIpc) is 1.85. The molecular formula is C8H12O2S. The Bertz CT molecular complexity index is 187. The van der Waals surface area contributed by atoms with Crippen LogP contribution in [0.15, 0.2) is 11.0 Å². The summed E-state index contributed by atoms with van der Waals surface area (Å²) in [4.78, 5) is 12.0. The van der Waals surface area contributed by atoms with Crippen molar-refractivity contribution in [3.63, 3.8) is 0 Å². The molecule has 3 heteroatoms. The lowest BCUT2D eigenvalue weighted by atomic mass is 10.2. The number of carbonyl (C=O) groups is 1. The normalized spacial score (nSPS) is 24.4. The lowest BCUT2D eigenvalue weighted by Crippen LogP contribution is -2.18. The molecule has 1 aliphatic rings. The first-order chi connectivity index (χ1) is 5.22. The first-order valence-corrected chi connectivity index (χ1v) is 4.75. The van der Waals surface area contributed by atoms with Crippen molar-refractivity contribution in [2.45, 2.75) is 26.4 Å². The van der Waals surface area contributed by atoms with E-state index in [1.54, 1.807) is 17.8 Å². The first-order valence-electron chi connectivity index (χ1n) is 3.76. The van der Waals surface area contributed by atoms with Crippen molar-refractivity contribution in [3.05, 3.63) is 11.0 Å². The van der Waals surface area contributed by atoms with E-state index in [-0.39, 0.29) is 12.1 Å². The van der Waals surface area contributed by atoms with Crippen LogP contribution in [-0.4, -0.2) is 17.8 Å². The minimum atomic E-state index is -0.195. The van der Waals surface area contributed by atoms with Crippen LogP contribution in [0.4, 0.5) is 0 Å². The molecule has 0 fully saturated rings. The van der Waals surface area contributed by atoms with Crippen LogP contribution < -0.4 is 0 Å². The van der Waals surface area contributed by atoms with Crippen LogP contribution in [0.25, 0.3) is 0 Å². The Balaban J connectivity index is 2.57. The molecule has 0 radical (unpaired) electrons. The molecule has 0 saturated heterocycles. The molecule has 0 aliphatic carbocycles. The number of rotatable bonds is 2. The number of thioether (sulfide) groups is 1. The zero-order chi connectivity index (χ0) is 8.27. The average molecular weight is 172 g/mol. The monoisotopic (exact) mass is 172 g/mol. The highest BCUT2D eigenvalue weighted by molar-refractivity contribution is 8.03. The minimum absolute atomic E-state index is 0.0570. The molecule has 0 bridgehead atoms.